The number of rotatable bonds is 8. The molecule has 0 heterocycles. The average Bonchev–Trinajstić information content (AvgIpc) is 2.48. The van der Waals surface area contributed by atoms with Crippen molar-refractivity contribution >= 4 is 11.8 Å². The molecule has 0 aliphatic heterocycles. The Balaban J connectivity index is 2.26. The zero-order valence-corrected chi connectivity index (χ0v) is 12.4. The largest absolute Gasteiger partial charge is 0.396 e. The van der Waals surface area contributed by atoms with Crippen molar-refractivity contribution in [2.24, 2.45) is 5.92 Å². The lowest BCUT2D eigenvalue weighted by molar-refractivity contribution is -0.121. The standard InChI is InChI=1S/C15H20F2N2O3/c1-10(9-20)8-19-14(21)3-2-6-18-15(22)12-5-4-11(16)7-13(12)17/h4-5,7,10,20H,2-3,6,8-9H2,1H3,(H,18,22)(H,19,21). The molecule has 0 saturated carbocycles. The average molecular weight is 314 g/mol. The van der Waals surface area contributed by atoms with Gasteiger partial charge >= 0.3 is 0 Å². The first-order valence-electron chi connectivity index (χ1n) is 7.04. The number of hydrogen-bond donors (Lipinski definition) is 3. The number of amides is 2. The zero-order valence-electron chi connectivity index (χ0n) is 12.4. The first-order valence-corrected chi connectivity index (χ1v) is 7.04. The molecule has 0 aliphatic rings. The zero-order chi connectivity index (χ0) is 16.5. The monoisotopic (exact) mass is 314 g/mol. The predicted octanol–water partition coefficient (Wildman–Crippen LogP) is 1.22. The van der Waals surface area contributed by atoms with E-state index in [1.807, 2.05) is 0 Å². The number of carbonyl (C=O) groups excluding carboxylic acids is 2. The van der Waals surface area contributed by atoms with E-state index in [9.17, 15) is 18.4 Å². The number of hydrogen-bond acceptors (Lipinski definition) is 3. The van der Waals surface area contributed by atoms with Crippen LogP contribution < -0.4 is 10.6 Å². The fourth-order valence-corrected chi connectivity index (χ4v) is 1.66. The van der Waals surface area contributed by atoms with Crippen LogP contribution in [-0.4, -0.2) is 36.6 Å². The first kappa shape index (κ1) is 18.0. The highest BCUT2D eigenvalue weighted by atomic mass is 19.1. The van der Waals surface area contributed by atoms with Crippen LogP contribution in [0.1, 0.15) is 30.1 Å². The van der Waals surface area contributed by atoms with Crippen molar-refractivity contribution < 1.29 is 23.5 Å². The quantitative estimate of drug-likeness (QED) is 0.631. The van der Waals surface area contributed by atoms with Gasteiger partial charge in [0.1, 0.15) is 11.6 Å². The summed E-state index contributed by atoms with van der Waals surface area (Å²) in [5.74, 6) is -2.50. The second-order valence-corrected chi connectivity index (χ2v) is 5.08. The van der Waals surface area contributed by atoms with Gasteiger partial charge in [-0.2, -0.15) is 0 Å². The summed E-state index contributed by atoms with van der Waals surface area (Å²) in [5.41, 5.74) is -0.234. The second-order valence-electron chi connectivity index (χ2n) is 5.08. The van der Waals surface area contributed by atoms with Gasteiger partial charge in [0, 0.05) is 32.2 Å². The lowest BCUT2D eigenvalue weighted by Crippen LogP contribution is -2.31. The van der Waals surface area contributed by atoms with Crippen LogP contribution in [0, 0.1) is 17.6 Å². The summed E-state index contributed by atoms with van der Waals surface area (Å²) in [6.07, 6.45) is 0.609. The van der Waals surface area contributed by atoms with E-state index in [-0.39, 0.29) is 37.0 Å². The summed E-state index contributed by atoms with van der Waals surface area (Å²) >= 11 is 0. The Hall–Kier alpha value is -2.02. The molecule has 5 nitrogen and oxygen atoms in total. The Labute approximate surface area is 127 Å². The Morgan fingerprint density at radius 3 is 2.64 bits per heavy atom. The predicted molar refractivity (Wildman–Crippen MR) is 77.2 cm³/mol. The summed E-state index contributed by atoms with van der Waals surface area (Å²) in [4.78, 5) is 23.1. The van der Waals surface area contributed by atoms with Crippen LogP contribution in [0.5, 0.6) is 0 Å². The maximum absolute atomic E-state index is 13.4. The highest BCUT2D eigenvalue weighted by molar-refractivity contribution is 5.94. The molecule has 122 valence electrons. The molecular weight excluding hydrogens is 294 g/mol. The van der Waals surface area contributed by atoms with Crippen molar-refractivity contribution in [2.45, 2.75) is 19.8 Å². The van der Waals surface area contributed by atoms with Gasteiger partial charge in [0.25, 0.3) is 5.91 Å². The van der Waals surface area contributed by atoms with E-state index in [0.717, 1.165) is 12.1 Å². The van der Waals surface area contributed by atoms with Crippen LogP contribution in [0.15, 0.2) is 18.2 Å². The highest BCUT2D eigenvalue weighted by Crippen LogP contribution is 2.09. The van der Waals surface area contributed by atoms with Gasteiger partial charge in [0.05, 0.1) is 5.56 Å². The molecule has 0 aromatic heterocycles. The molecule has 0 aliphatic carbocycles. The smallest absolute Gasteiger partial charge is 0.254 e. The SMILES string of the molecule is CC(CO)CNC(=O)CCCNC(=O)c1ccc(F)cc1F. The van der Waals surface area contributed by atoms with Crippen LogP contribution in [0.25, 0.3) is 0 Å². The maximum atomic E-state index is 13.4. The van der Waals surface area contributed by atoms with Crippen molar-refractivity contribution in [1.29, 1.82) is 0 Å². The summed E-state index contributed by atoms with van der Waals surface area (Å²) in [6.45, 7) is 2.40. The molecule has 1 atom stereocenters. The normalized spacial score (nSPS) is 11.8. The van der Waals surface area contributed by atoms with Crippen LogP contribution in [0.4, 0.5) is 8.78 Å². The van der Waals surface area contributed by atoms with Crippen molar-refractivity contribution in [3.63, 3.8) is 0 Å². The van der Waals surface area contributed by atoms with E-state index in [2.05, 4.69) is 10.6 Å². The number of carbonyl (C=O) groups is 2. The van der Waals surface area contributed by atoms with Gasteiger partial charge in [-0.25, -0.2) is 8.78 Å². The van der Waals surface area contributed by atoms with Gasteiger partial charge < -0.3 is 15.7 Å². The van der Waals surface area contributed by atoms with Crippen molar-refractivity contribution in [3.05, 3.63) is 35.4 Å². The molecule has 1 rings (SSSR count). The van der Waals surface area contributed by atoms with E-state index in [4.69, 9.17) is 5.11 Å². The Morgan fingerprint density at radius 1 is 1.27 bits per heavy atom. The molecule has 0 spiro atoms. The number of aliphatic hydroxyl groups is 1. The minimum atomic E-state index is -0.923. The molecule has 7 heteroatoms. The first-order chi connectivity index (χ1) is 10.4. The number of aliphatic hydroxyl groups excluding tert-OH is 1. The van der Waals surface area contributed by atoms with E-state index >= 15 is 0 Å². The summed E-state index contributed by atoms with van der Waals surface area (Å²) in [5, 5.41) is 13.9. The van der Waals surface area contributed by atoms with E-state index in [1.54, 1.807) is 6.92 Å². The van der Waals surface area contributed by atoms with Crippen LogP contribution >= 0.6 is 0 Å². The van der Waals surface area contributed by atoms with Gasteiger partial charge in [-0.05, 0) is 24.5 Å². The highest BCUT2D eigenvalue weighted by Gasteiger charge is 2.12. The summed E-state index contributed by atoms with van der Waals surface area (Å²) in [7, 11) is 0. The molecule has 0 radical (unpaired) electrons. The van der Waals surface area contributed by atoms with Crippen molar-refractivity contribution in [2.75, 3.05) is 19.7 Å². The molecule has 1 aromatic carbocycles. The topological polar surface area (TPSA) is 78.4 Å². The summed E-state index contributed by atoms with van der Waals surface area (Å²) < 4.78 is 26.1. The molecule has 0 fully saturated rings. The van der Waals surface area contributed by atoms with E-state index in [0.29, 0.717) is 19.0 Å². The van der Waals surface area contributed by atoms with Gasteiger partial charge in [0.15, 0.2) is 0 Å². The molecule has 3 N–H and O–H groups in total. The number of halogens is 2. The second kappa shape index (κ2) is 9.09. The molecule has 1 aromatic rings. The minimum Gasteiger partial charge on any atom is -0.396 e. The van der Waals surface area contributed by atoms with Crippen LogP contribution in [0.3, 0.4) is 0 Å². The third kappa shape index (κ3) is 6.17. The number of benzene rings is 1. The fraction of sp³-hybridized carbons (Fsp3) is 0.467. The van der Waals surface area contributed by atoms with Crippen LogP contribution in [0.2, 0.25) is 0 Å². The fourth-order valence-electron chi connectivity index (χ4n) is 1.66. The molecule has 22 heavy (non-hydrogen) atoms. The molecule has 1 unspecified atom stereocenters. The number of nitrogens with one attached hydrogen (secondary N) is 2. The van der Waals surface area contributed by atoms with Crippen molar-refractivity contribution in [3.8, 4) is 0 Å². The van der Waals surface area contributed by atoms with Gasteiger partial charge in [-0.1, -0.05) is 6.92 Å². The lowest BCUT2D eigenvalue weighted by Gasteiger charge is -2.10. The van der Waals surface area contributed by atoms with Crippen molar-refractivity contribution in [1.82, 2.24) is 10.6 Å². The molecule has 0 saturated heterocycles. The third-order valence-corrected chi connectivity index (χ3v) is 3.00. The maximum Gasteiger partial charge on any atom is 0.254 e. The minimum absolute atomic E-state index is 0.000425. The van der Waals surface area contributed by atoms with E-state index in [1.165, 1.54) is 0 Å². The van der Waals surface area contributed by atoms with E-state index < -0.39 is 17.5 Å². The van der Waals surface area contributed by atoms with Gasteiger partial charge in [-0.15, -0.1) is 0 Å². The summed E-state index contributed by atoms with van der Waals surface area (Å²) in [6, 6.07) is 2.72. The Bertz CT molecular complexity index is 524. The third-order valence-electron chi connectivity index (χ3n) is 3.00. The van der Waals surface area contributed by atoms with Crippen LogP contribution in [-0.2, 0) is 4.79 Å². The van der Waals surface area contributed by atoms with Gasteiger partial charge in [-0.3, -0.25) is 9.59 Å². The Kier molecular flexibility index (Phi) is 7.45. The molecular formula is C15H20F2N2O3. The molecule has 0 bridgehead atoms. The van der Waals surface area contributed by atoms with Gasteiger partial charge in [0.2, 0.25) is 5.91 Å². The Morgan fingerprint density at radius 2 is 2.00 bits per heavy atom. The molecule has 2 amide bonds. The lowest BCUT2D eigenvalue weighted by atomic mass is 10.2.